The number of benzene rings is 1. The molecule has 4 nitrogen and oxygen atoms in total. The van der Waals surface area contributed by atoms with Gasteiger partial charge in [-0.3, -0.25) is 9.48 Å². The Bertz CT molecular complexity index is 570. The van der Waals surface area contributed by atoms with Gasteiger partial charge in [0.2, 0.25) is 5.91 Å². The Morgan fingerprint density at radius 2 is 2.05 bits per heavy atom. The van der Waals surface area contributed by atoms with E-state index >= 15 is 0 Å². The minimum atomic E-state index is 0.196. The van der Waals surface area contributed by atoms with Gasteiger partial charge in [-0.2, -0.15) is 5.10 Å². The van der Waals surface area contributed by atoms with E-state index in [9.17, 15) is 4.79 Å². The molecule has 0 saturated heterocycles. The second kappa shape index (κ2) is 5.87. The Hall–Kier alpha value is -1.84. The van der Waals surface area contributed by atoms with Crippen molar-refractivity contribution in [3.63, 3.8) is 0 Å². The summed E-state index contributed by atoms with van der Waals surface area (Å²) >= 11 is 0. The molecule has 1 aromatic carbocycles. The Labute approximate surface area is 114 Å². The van der Waals surface area contributed by atoms with E-state index in [2.05, 4.69) is 24.2 Å². The zero-order chi connectivity index (χ0) is 13.8. The fourth-order valence-corrected chi connectivity index (χ4v) is 2.36. The van der Waals surface area contributed by atoms with E-state index in [-0.39, 0.29) is 5.91 Å². The number of hydrogen-bond acceptors (Lipinski definition) is 2. The van der Waals surface area contributed by atoms with Crippen molar-refractivity contribution in [1.82, 2.24) is 14.7 Å². The molecule has 0 aliphatic heterocycles. The van der Waals surface area contributed by atoms with Gasteiger partial charge in [-0.25, -0.2) is 0 Å². The molecule has 1 amide bonds. The predicted octanol–water partition coefficient (Wildman–Crippen LogP) is 2.60. The van der Waals surface area contributed by atoms with Crippen LogP contribution in [0.2, 0.25) is 0 Å². The molecule has 0 atom stereocenters. The van der Waals surface area contributed by atoms with Gasteiger partial charge < -0.3 is 4.90 Å². The largest absolute Gasteiger partial charge is 0.343 e. The number of amides is 1. The predicted molar refractivity (Wildman–Crippen MR) is 77.0 cm³/mol. The zero-order valence-corrected chi connectivity index (χ0v) is 11.9. The molecular formula is C15H21N3O. The first-order valence-electron chi connectivity index (χ1n) is 6.86. The fourth-order valence-electron chi connectivity index (χ4n) is 2.36. The summed E-state index contributed by atoms with van der Waals surface area (Å²) in [5.41, 5.74) is 2.33. The highest BCUT2D eigenvalue weighted by Gasteiger charge is 2.11. The molecular weight excluding hydrogens is 238 g/mol. The molecule has 0 spiro atoms. The number of nitrogens with zero attached hydrogens (tertiary/aromatic N) is 3. The fraction of sp³-hybridized carbons (Fsp3) is 0.467. The number of aryl methyl sites for hydroxylation is 2. The standard InChI is InChI=1S/C15H21N3O/c1-4-17(5-2)15(19)9-10-18-14-8-6-7-12(3)13(14)11-16-18/h6-8,11H,4-5,9-10H2,1-3H3. The third kappa shape index (κ3) is 2.78. The number of carbonyl (C=O) groups excluding carboxylic acids is 1. The summed E-state index contributed by atoms with van der Waals surface area (Å²) in [6.45, 7) is 8.28. The van der Waals surface area contributed by atoms with Crippen molar-refractivity contribution in [3.05, 3.63) is 30.0 Å². The molecule has 4 heteroatoms. The summed E-state index contributed by atoms with van der Waals surface area (Å²) < 4.78 is 1.92. The van der Waals surface area contributed by atoms with Crippen molar-refractivity contribution in [2.75, 3.05) is 13.1 Å². The van der Waals surface area contributed by atoms with Crippen LogP contribution in [-0.4, -0.2) is 33.7 Å². The first kappa shape index (κ1) is 13.6. The van der Waals surface area contributed by atoms with Crippen LogP contribution in [0, 0.1) is 6.92 Å². The molecule has 0 unspecified atom stereocenters. The van der Waals surface area contributed by atoms with Crippen LogP contribution in [0.25, 0.3) is 10.9 Å². The topological polar surface area (TPSA) is 38.1 Å². The second-order valence-corrected chi connectivity index (χ2v) is 4.69. The van der Waals surface area contributed by atoms with Gasteiger partial charge >= 0.3 is 0 Å². The molecule has 0 bridgehead atoms. The average molecular weight is 259 g/mol. The van der Waals surface area contributed by atoms with Crippen LogP contribution in [0.1, 0.15) is 25.8 Å². The molecule has 19 heavy (non-hydrogen) atoms. The van der Waals surface area contributed by atoms with E-state index in [1.165, 1.54) is 5.56 Å². The lowest BCUT2D eigenvalue weighted by molar-refractivity contribution is -0.131. The lowest BCUT2D eigenvalue weighted by atomic mass is 10.1. The van der Waals surface area contributed by atoms with E-state index < -0.39 is 0 Å². The minimum absolute atomic E-state index is 0.196. The third-order valence-corrected chi connectivity index (χ3v) is 3.56. The van der Waals surface area contributed by atoms with Gasteiger partial charge in [-0.15, -0.1) is 0 Å². The van der Waals surface area contributed by atoms with Crippen LogP contribution in [0.4, 0.5) is 0 Å². The molecule has 0 saturated carbocycles. The van der Waals surface area contributed by atoms with E-state index in [0.29, 0.717) is 13.0 Å². The summed E-state index contributed by atoms with van der Waals surface area (Å²) in [7, 11) is 0. The highest BCUT2D eigenvalue weighted by atomic mass is 16.2. The Morgan fingerprint density at radius 3 is 2.74 bits per heavy atom. The van der Waals surface area contributed by atoms with Gasteiger partial charge in [0.25, 0.3) is 0 Å². The Morgan fingerprint density at radius 1 is 1.32 bits per heavy atom. The van der Waals surface area contributed by atoms with Crippen LogP contribution in [0.3, 0.4) is 0 Å². The minimum Gasteiger partial charge on any atom is -0.343 e. The summed E-state index contributed by atoms with van der Waals surface area (Å²) in [5.74, 6) is 0.196. The lowest BCUT2D eigenvalue weighted by Crippen LogP contribution is -2.31. The summed E-state index contributed by atoms with van der Waals surface area (Å²) in [5, 5.41) is 5.55. The van der Waals surface area contributed by atoms with Crippen LogP contribution in [-0.2, 0) is 11.3 Å². The molecule has 1 heterocycles. The van der Waals surface area contributed by atoms with Crippen molar-refractivity contribution in [1.29, 1.82) is 0 Å². The number of hydrogen-bond donors (Lipinski definition) is 0. The maximum absolute atomic E-state index is 12.0. The van der Waals surface area contributed by atoms with E-state index in [4.69, 9.17) is 0 Å². The first-order valence-corrected chi connectivity index (χ1v) is 6.86. The van der Waals surface area contributed by atoms with Gasteiger partial charge in [-0.1, -0.05) is 12.1 Å². The van der Waals surface area contributed by atoms with Crippen molar-refractivity contribution < 1.29 is 4.79 Å². The van der Waals surface area contributed by atoms with Crippen LogP contribution in [0.5, 0.6) is 0 Å². The average Bonchev–Trinajstić information content (AvgIpc) is 2.82. The molecule has 0 radical (unpaired) electrons. The number of fused-ring (bicyclic) bond motifs is 1. The summed E-state index contributed by atoms with van der Waals surface area (Å²) in [6.07, 6.45) is 2.39. The van der Waals surface area contributed by atoms with Gasteiger partial charge in [-0.05, 0) is 32.4 Å². The van der Waals surface area contributed by atoms with Crippen molar-refractivity contribution >= 4 is 16.8 Å². The Balaban J connectivity index is 2.10. The van der Waals surface area contributed by atoms with Crippen molar-refractivity contribution in [2.24, 2.45) is 0 Å². The van der Waals surface area contributed by atoms with Gasteiger partial charge in [0.1, 0.15) is 0 Å². The smallest absolute Gasteiger partial charge is 0.224 e. The first-order chi connectivity index (χ1) is 9.17. The SMILES string of the molecule is CCN(CC)C(=O)CCn1ncc2c(C)cccc21. The van der Waals surface area contributed by atoms with E-state index in [1.807, 2.05) is 35.7 Å². The lowest BCUT2D eigenvalue weighted by Gasteiger charge is -2.18. The number of rotatable bonds is 5. The zero-order valence-electron chi connectivity index (χ0n) is 11.9. The van der Waals surface area contributed by atoms with Crippen molar-refractivity contribution in [3.8, 4) is 0 Å². The maximum Gasteiger partial charge on any atom is 0.224 e. The quantitative estimate of drug-likeness (QED) is 0.827. The molecule has 0 aliphatic rings. The van der Waals surface area contributed by atoms with E-state index in [1.54, 1.807) is 0 Å². The number of carbonyl (C=O) groups is 1. The van der Waals surface area contributed by atoms with Crippen LogP contribution >= 0.6 is 0 Å². The van der Waals surface area contributed by atoms with Gasteiger partial charge in [0.15, 0.2) is 0 Å². The third-order valence-electron chi connectivity index (χ3n) is 3.56. The van der Waals surface area contributed by atoms with Crippen molar-refractivity contribution in [2.45, 2.75) is 33.7 Å². The molecule has 1 aromatic heterocycles. The molecule has 0 fully saturated rings. The molecule has 0 aliphatic carbocycles. The van der Waals surface area contributed by atoms with Gasteiger partial charge in [0, 0.05) is 24.9 Å². The summed E-state index contributed by atoms with van der Waals surface area (Å²) in [6, 6.07) is 6.16. The molecule has 102 valence electrons. The number of aromatic nitrogens is 2. The highest BCUT2D eigenvalue weighted by molar-refractivity contribution is 5.82. The monoisotopic (exact) mass is 259 g/mol. The Kier molecular flexibility index (Phi) is 4.20. The molecule has 2 aromatic rings. The van der Waals surface area contributed by atoms with E-state index in [0.717, 1.165) is 24.0 Å². The van der Waals surface area contributed by atoms with Crippen LogP contribution in [0.15, 0.2) is 24.4 Å². The van der Waals surface area contributed by atoms with Gasteiger partial charge in [0.05, 0.1) is 18.3 Å². The maximum atomic E-state index is 12.0. The second-order valence-electron chi connectivity index (χ2n) is 4.69. The summed E-state index contributed by atoms with van der Waals surface area (Å²) in [4.78, 5) is 13.8. The van der Waals surface area contributed by atoms with Crippen LogP contribution < -0.4 is 0 Å². The molecule has 2 rings (SSSR count). The normalized spacial score (nSPS) is 10.9. The highest BCUT2D eigenvalue weighted by Crippen LogP contribution is 2.17. The molecule has 0 N–H and O–H groups in total.